The zero-order chi connectivity index (χ0) is 13.8. The molecule has 5 heteroatoms. The number of likely N-dealkylation sites (N-methyl/N-ethyl adjacent to an activating group) is 1. The molecule has 1 aliphatic rings. The second-order valence-corrected chi connectivity index (χ2v) is 6.09. The molecule has 0 bridgehead atoms. The number of nitrogens with two attached hydrogens (primary N) is 1. The Bertz CT molecular complexity index is 446. The van der Waals surface area contributed by atoms with E-state index in [4.69, 9.17) is 5.73 Å². The standard InChI is InChI=1S/C14H21N3OS/c1-10(17(2)11-7-8-19-9-11)14(18)16-13-6-4-3-5-12(13)15/h3-6,10-11H,7-9,15H2,1-2H3,(H,16,18). The lowest BCUT2D eigenvalue weighted by Gasteiger charge is -2.29. The van der Waals surface area contributed by atoms with Gasteiger partial charge in [0.15, 0.2) is 0 Å². The van der Waals surface area contributed by atoms with Crippen LogP contribution in [0.4, 0.5) is 11.4 Å². The van der Waals surface area contributed by atoms with Crippen LogP contribution < -0.4 is 11.1 Å². The smallest absolute Gasteiger partial charge is 0.241 e. The summed E-state index contributed by atoms with van der Waals surface area (Å²) in [7, 11) is 2.02. The second-order valence-electron chi connectivity index (χ2n) is 4.94. The van der Waals surface area contributed by atoms with Crippen LogP contribution in [0.15, 0.2) is 24.3 Å². The molecule has 1 aromatic rings. The first kappa shape index (κ1) is 14.2. The van der Waals surface area contributed by atoms with Crippen molar-refractivity contribution in [2.75, 3.05) is 29.6 Å². The summed E-state index contributed by atoms with van der Waals surface area (Å²) >= 11 is 1.95. The molecule has 1 saturated heterocycles. The molecule has 0 aliphatic carbocycles. The Balaban J connectivity index is 1.97. The zero-order valence-corrected chi connectivity index (χ0v) is 12.2. The van der Waals surface area contributed by atoms with Gasteiger partial charge in [0, 0.05) is 11.8 Å². The van der Waals surface area contributed by atoms with Crippen LogP contribution in [-0.4, -0.2) is 41.4 Å². The number of nitrogens with one attached hydrogen (secondary N) is 1. The largest absolute Gasteiger partial charge is 0.397 e. The van der Waals surface area contributed by atoms with Crippen molar-refractivity contribution in [3.63, 3.8) is 0 Å². The van der Waals surface area contributed by atoms with Crippen molar-refractivity contribution in [1.29, 1.82) is 0 Å². The number of para-hydroxylation sites is 2. The van der Waals surface area contributed by atoms with E-state index < -0.39 is 0 Å². The summed E-state index contributed by atoms with van der Waals surface area (Å²) < 4.78 is 0. The van der Waals surface area contributed by atoms with E-state index in [0.717, 1.165) is 12.2 Å². The lowest BCUT2D eigenvalue weighted by atomic mass is 10.1. The van der Waals surface area contributed by atoms with Crippen molar-refractivity contribution < 1.29 is 4.79 Å². The molecule has 3 N–H and O–H groups in total. The number of hydrogen-bond donors (Lipinski definition) is 2. The average molecular weight is 279 g/mol. The lowest BCUT2D eigenvalue weighted by Crippen LogP contribution is -2.45. The van der Waals surface area contributed by atoms with Crippen LogP contribution >= 0.6 is 11.8 Å². The third-order valence-electron chi connectivity index (χ3n) is 3.69. The van der Waals surface area contributed by atoms with Gasteiger partial charge >= 0.3 is 0 Å². The van der Waals surface area contributed by atoms with Crippen LogP contribution in [0.5, 0.6) is 0 Å². The minimum Gasteiger partial charge on any atom is -0.397 e. The van der Waals surface area contributed by atoms with Crippen LogP contribution in [0.1, 0.15) is 13.3 Å². The van der Waals surface area contributed by atoms with Crippen LogP contribution in [0.3, 0.4) is 0 Å². The average Bonchev–Trinajstić information content (AvgIpc) is 2.93. The van der Waals surface area contributed by atoms with Gasteiger partial charge in [0.1, 0.15) is 0 Å². The van der Waals surface area contributed by atoms with Crippen molar-refractivity contribution in [3.05, 3.63) is 24.3 Å². The van der Waals surface area contributed by atoms with Crippen LogP contribution in [0.2, 0.25) is 0 Å². The molecule has 4 nitrogen and oxygen atoms in total. The Morgan fingerprint density at radius 3 is 2.89 bits per heavy atom. The van der Waals surface area contributed by atoms with Crippen molar-refractivity contribution in [2.24, 2.45) is 0 Å². The molecule has 1 amide bonds. The van der Waals surface area contributed by atoms with E-state index >= 15 is 0 Å². The number of benzene rings is 1. The van der Waals surface area contributed by atoms with Crippen molar-refractivity contribution in [3.8, 4) is 0 Å². The molecular weight excluding hydrogens is 258 g/mol. The van der Waals surface area contributed by atoms with E-state index in [-0.39, 0.29) is 11.9 Å². The zero-order valence-electron chi connectivity index (χ0n) is 11.4. The van der Waals surface area contributed by atoms with Gasteiger partial charge in [-0.1, -0.05) is 12.1 Å². The molecule has 0 spiro atoms. The second kappa shape index (κ2) is 6.30. The van der Waals surface area contributed by atoms with Crippen LogP contribution in [-0.2, 0) is 4.79 Å². The Kier molecular flexibility index (Phi) is 4.71. The highest BCUT2D eigenvalue weighted by Crippen LogP contribution is 2.23. The Morgan fingerprint density at radius 1 is 1.53 bits per heavy atom. The Hall–Kier alpha value is -1.20. The number of nitrogen functional groups attached to an aromatic ring is 1. The number of thioether (sulfide) groups is 1. The van der Waals surface area contributed by atoms with E-state index in [2.05, 4.69) is 10.2 Å². The number of carbonyl (C=O) groups excluding carboxylic acids is 1. The maximum absolute atomic E-state index is 12.2. The van der Waals surface area contributed by atoms with Gasteiger partial charge in [-0.25, -0.2) is 0 Å². The third kappa shape index (κ3) is 3.42. The molecule has 2 unspecified atom stereocenters. The number of carbonyl (C=O) groups is 1. The fraction of sp³-hybridized carbons (Fsp3) is 0.500. The number of amides is 1. The third-order valence-corrected chi connectivity index (χ3v) is 4.84. The predicted molar refractivity (Wildman–Crippen MR) is 82.4 cm³/mol. The summed E-state index contributed by atoms with van der Waals surface area (Å²) in [5, 5.41) is 2.90. The fourth-order valence-electron chi connectivity index (χ4n) is 2.19. The quantitative estimate of drug-likeness (QED) is 0.828. The van der Waals surface area contributed by atoms with Gasteiger partial charge in [-0.2, -0.15) is 11.8 Å². The molecule has 19 heavy (non-hydrogen) atoms. The molecule has 2 atom stereocenters. The molecule has 1 heterocycles. The number of hydrogen-bond acceptors (Lipinski definition) is 4. The first-order valence-electron chi connectivity index (χ1n) is 6.54. The molecule has 104 valence electrons. The summed E-state index contributed by atoms with van der Waals surface area (Å²) in [6, 6.07) is 7.69. The molecule has 0 radical (unpaired) electrons. The highest BCUT2D eigenvalue weighted by Gasteiger charge is 2.27. The number of anilines is 2. The summed E-state index contributed by atoms with van der Waals surface area (Å²) in [5.74, 6) is 2.30. The highest BCUT2D eigenvalue weighted by molar-refractivity contribution is 7.99. The molecule has 1 aromatic carbocycles. The van der Waals surface area contributed by atoms with E-state index in [1.165, 1.54) is 5.75 Å². The van der Waals surface area contributed by atoms with Crippen LogP contribution in [0.25, 0.3) is 0 Å². The Morgan fingerprint density at radius 2 is 2.26 bits per heavy atom. The first-order chi connectivity index (χ1) is 9.09. The number of rotatable bonds is 4. The molecule has 2 rings (SSSR count). The predicted octanol–water partition coefficient (Wildman–Crippen LogP) is 2.03. The monoisotopic (exact) mass is 279 g/mol. The summed E-state index contributed by atoms with van der Waals surface area (Å²) in [5.41, 5.74) is 7.12. The highest BCUT2D eigenvalue weighted by atomic mass is 32.2. The van der Waals surface area contributed by atoms with E-state index in [1.54, 1.807) is 6.07 Å². The van der Waals surface area contributed by atoms with Gasteiger partial charge in [-0.3, -0.25) is 9.69 Å². The van der Waals surface area contributed by atoms with Gasteiger partial charge in [-0.05, 0) is 38.3 Å². The maximum Gasteiger partial charge on any atom is 0.241 e. The van der Waals surface area contributed by atoms with Gasteiger partial charge in [0.25, 0.3) is 0 Å². The molecular formula is C14H21N3OS. The van der Waals surface area contributed by atoms with Crippen molar-refractivity contribution >= 4 is 29.0 Å². The summed E-state index contributed by atoms with van der Waals surface area (Å²) in [6.07, 6.45) is 1.16. The normalized spacial score (nSPS) is 20.5. The molecule has 0 saturated carbocycles. The van der Waals surface area contributed by atoms with E-state index in [1.807, 2.05) is 43.9 Å². The summed E-state index contributed by atoms with van der Waals surface area (Å²) in [6.45, 7) is 1.94. The molecule has 1 aliphatic heterocycles. The van der Waals surface area contributed by atoms with Gasteiger partial charge in [0.2, 0.25) is 5.91 Å². The van der Waals surface area contributed by atoms with Crippen molar-refractivity contribution in [2.45, 2.75) is 25.4 Å². The van der Waals surface area contributed by atoms with Gasteiger partial charge < -0.3 is 11.1 Å². The van der Waals surface area contributed by atoms with Gasteiger partial charge in [0.05, 0.1) is 17.4 Å². The lowest BCUT2D eigenvalue weighted by molar-refractivity contribution is -0.120. The Labute approximate surface area is 118 Å². The van der Waals surface area contributed by atoms with E-state index in [0.29, 0.717) is 17.4 Å². The van der Waals surface area contributed by atoms with Crippen LogP contribution in [0, 0.1) is 0 Å². The molecule has 0 aromatic heterocycles. The minimum atomic E-state index is -0.150. The first-order valence-corrected chi connectivity index (χ1v) is 7.70. The van der Waals surface area contributed by atoms with Crippen molar-refractivity contribution in [1.82, 2.24) is 4.90 Å². The van der Waals surface area contributed by atoms with E-state index in [9.17, 15) is 4.79 Å². The molecule has 1 fully saturated rings. The number of nitrogens with zero attached hydrogens (tertiary/aromatic N) is 1. The topological polar surface area (TPSA) is 58.4 Å². The maximum atomic E-state index is 12.2. The SMILES string of the molecule is CC(C(=O)Nc1ccccc1N)N(C)C1CCSC1. The van der Waals surface area contributed by atoms with Gasteiger partial charge in [-0.15, -0.1) is 0 Å². The minimum absolute atomic E-state index is 0.00250. The fourth-order valence-corrected chi connectivity index (χ4v) is 3.47. The summed E-state index contributed by atoms with van der Waals surface area (Å²) in [4.78, 5) is 14.4.